The molecule has 0 spiro atoms. The largest absolute Gasteiger partial charge is 0.367 e. The highest BCUT2D eigenvalue weighted by Crippen LogP contribution is 2.17. The average Bonchev–Trinajstić information content (AvgIpc) is 2.62. The molecule has 1 aromatic carbocycles. The first kappa shape index (κ1) is 15.0. The van der Waals surface area contributed by atoms with E-state index in [1.807, 2.05) is 12.1 Å². The van der Waals surface area contributed by atoms with Crippen LogP contribution in [-0.4, -0.2) is 42.0 Å². The molecule has 1 aliphatic heterocycles. The van der Waals surface area contributed by atoms with Gasteiger partial charge in [-0.05, 0) is 36.4 Å². The van der Waals surface area contributed by atoms with Crippen molar-refractivity contribution in [2.24, 2.45) is 0 Å². The minimum Gasteiger partial charge on any atom is -0.367 e. The molecular formula is C17H15FN4O. The van der Waals surface area contributed by atoms with Gasteiger partial charge in [0.2, 0.25) is 0 Å². The number of nitrogens with zero attached hydrogens (tertiary/aromatic N) is 4. The molecule has 0 unspecified atom stereocenters. The number of benzene rings is 1. The quantitative estimate of drug-likeness (QED) is 0.852. The van der Waals surface area contributed by atoms with Crippen LogP contribution in [-0.2, 0) is 0 Å². The van der Waals surface area contributed by atoms with Crippen LogP contribution >= 0.6 is 0 Å². The summed E-state index contributed by atoms with van der Waals surface area (Å²) in [6, 6.07) is 11.2. The SMILES string of the molecule is N#Cc1ccc(N2CCN(C(=O)c3ccc(F)cc3)CC2)cn1. The Bertz CT molecular complexity index is 729. The molecule has 6 heteroatoms. The number of hydrogen-bond acceptors (Lipinski definition) is 4. The van der Waals surface area contributed by atoms with Gasteiger partial charge in [-0.2, -0.15) is 5.26 Å². The van der Waals surface area contributed by atoms with Crippen molar-refractivity contribution in [1.29, 1.82) is 5.26 Å². The maximum Gasteiger partial charge on any atom is 0.253 e. The Morgan fingerprint density at radius 1 is 1.09 bits per heavy atom. The monoisotopic (exact) mass is 310 g/mol. The van der Waals surface area contributed by atoms with Gasteiger partial charge in [-0.3, -0.25) is 4.79 Å². The third-order valence-corrected chi connectivity index (χ3v) is 3.89. The lowest BCUT2D eigenvalue weighted by Gasteiger charge is -2.36. The van der Waals surface area contributed by atoms with Crippen molar-refractivity contribution in [3.8, 4) is 6.07 Å². The van der Waals surface area contributed by atoms with Gasteiger partial charge in [0.15, 0.2) is 0 Å². The highest BCUT2D eigenvalue weighted by molar-refractivity contribution is 5.94. The summed E-state index contributed by atoms with van der Waals surface area (Å²) in [4.78, 5) is 20.3. The lowest BCUT2D eigenvalue weighted by atomic mass is 10.1. The summed E-state index contributed by atoms with van der Waals surface area (Å²) < 4.78 is 12.9. The van der Waals surface area contributed by atoms with Crippen LogP contribution in [0.1, 0.15) is 16.1 Å². The average molecular weight is 310 g/mol. The van der Waals surface area contributed by atoms with Gasteiger partial charge in [-0.15, -0.1) is 0 Å². The van der Waals surface area contributed by atoms with Crippen molar-refractivity contribution >= 4 is 11.6 Å². The summed E-state index contributed by atoms with van der Waals surface area (Å²) in [5.74, 6) is -0.428. The van der Waals surface area contributed by atoms with Crippen LogP contribution in [0.4, 0.5) is 10.1 Å². The molecule has 116 valence electrons. The van der Waals surface area contributed by atoms with E-state index in [4.69, 9.17) is 5.26 Å². The Morgan fingerprint density at radius 3 is 2.35 bits per heavy atom. The Labute approximate surface area is 133 Å². The number of aromatic nitrogens is 1. The summed E-state index contributed by atoms with van der Waals surface area (Å²) in [5.41, 5.74) is 1.83. The molecular weight excluding hydrogens is 295 g/mol. The van der Waals surface area contributed by atoms with Crippen LogP contribution in [0.15, 0.2) is 42.6 Å². The van der Waals surface area contributed by atoms with Crippen molar-refractivity contribution < 1.29 is 9.18 Å². The molecule has 0 N–H and O–H groups in total. The molecule has 0 atom stereocenters. The lowest BCUT2D eigenvalue weighted by Crippen LogP contribution is -2.48. The van der Waals surface area contributed by atoms with E-state index in [0.717, 1.165) is 5.69 Å². The number of piperazine rings is 1. The molecule has 23 heavy (non-hydrogen) atoms. The minimum absolute atomic E-state index is 0.0809. The Morgan fingerprint density at radius 2 is 1.78 bits per heavy atom. The number of rotatable bonds is 2. The predicted octanol–water partition coefficient (Wildman–Crippen LogP) is 2.05. The molecule has 1 amide bonds. The number of carbonyl (C=O) groups excluding carboxylic acids is 1. The second-order valence-corrected chi connectivity index (χ2v) is 5.30. The molecule has 0 saturated carbocycles. The second kappa shape index (κ2) is 6.44. The molecule has 5 nitrogen and oxygen atoms in total. The third kappa shape index (κ3) is 3.29. The van der Waals surface area contributed by atoms with E-state index < -0.39 is 0 Å². The van der Waals surface area contributed by atoms with Crippen molar-refractivity contribution in [2.45, 2.75) is 0 Å². The topological polar surface area (TPSA) is 60.2 Å². The van der Waals surface area contributed by atoms with E-state index in [0.29, 0.717) is 37.4 Å². The number of hydrogen-bond donors (Lipinski definition) is 0. The van der Waals surface area contributed by atoms with E-state index in [1.165, 1.54) is 24.3 Å². The van der Waals surface area contributed by atoms with Crippen molar-refractivity contribution in [3.63, 3.8) is 0 Å². The van der Waals surface area contributed by atoms with Crippen LogP contribution in [0.2, 0.25) is 0 Å². The van der Waals surface area contributed by atoms with E-state index in [-0.39, 0.29) is 11.7 Å². The maximum absolute atomic E-state index is 12.9. The van der Waals surface area contributed by atoms with E-state index in [9.17, 15) is 9.18 Å². The van der Waals surface area contributed by atoms with E-state index in [1.54, 1.807) is 17.2 Å². The maximum atomic E-state index is 12.9. The zero-order valence-corrected chi connectivity index (χ0v) is 12.4. The molecule has 1 fully saturated rings. The molecule has 0 aliphatic carbocycles. The van der Waals surface area contributed by atoms with Gasteiger partial charge >= 0.3 is 0 Å². The fourth-order valence-corrected chi connectivity index (χ4v) is 2.58. The number of carbonyl (C=O) groups is 1. The summed E-state index contributed by atoms with van der Waals surface area (Å²) >= 11 is 0. The van der Waals surface area contributed by atoms with Gasteiger partial charge in [0, 0.05) is 31.7 Å². The second-order valence-electron chi connectivity index (χ2n) is 5.30. The van der Waals surface area contributed by atoms with Crippen molar-refractivity contribution in [1.82, 2.24) is 9.88 Å². The standard InChI is InChI=1S/C17H15FN4O/c18-14-3-1-13(2-4-14)17(23)22-9-7-21(8-10-22)16-6-5-15(11-19)20-12-16/h1-6,12H,7-10H2. The number of anilines is 1. The summed E-state index contributed by atoms with van der Waals surface area (Å²) in [6.07, 6.45) is 1.68. The normalized spacial score (nSPS) is 14.4. The fraction of sp³-hybridized carbons (Fsp3) is 0.235. The summed E-state index contributed by atoms with van der Waals surface area (Å²) in [7, 11) is 0. The molecule has 3 rings (SSSR count). The molecule has 0 radical (unpaired) electrons. The molecule has 1 aromatic heterocycles. The number of nitriles is 1. The van der Waals surface area contributed by atoms with Crippen LogP contribution in [0, 0.1) is 17.1 Å². The predicted molar refractivity (Wildman–Crippen MR) is 83.5 cm³/mol. The number of amides is 1. The van der Waals surface area contributed by atoms with Crippen LogP contribution in [0.5, 0.6) is 0 Å². The van der Waals surface area contributed by atoms with Crippen LogP contribution < -0.4 is 4.90 Å². The van der Waals surface area contributed by atoms with Crippen LogP contribution in [0.25, 0.3) is 0 Å². The molecule has 2 aromatic rings. The van der Waals surface area contributed by atoms with Crippen LogP contribution in [0.3, 0.4) is 0 Å². The lowest BCUT2D eigenvalue weighted by molar-refractivity contribution is 0.0746. The smallest absolute Gasteiger partial charge is 0.253 e. The highest BCUT2D eigenvalue weighted by atomic mass is 19.1. The summed E-state index contributed by atoms with van der Waals surface area (Å²) in [6.45, 7) is 2.58. The third-order valence-electron chi connectivity index (χ3n) is 3.89. The first-order valence-electron chi connectivity index (χ1n) is 7.33. The highest BCUT2D eigenvalue weighted by Gasteiger charge is 2.22. The molecule has 2 heterocycles. The van der Waals surface area contributed by atoms with E-state index >= 15 is 0 Å². The minimum atomic E-state index is -0.348. The first-order valence-corrected chi connectivity index (χ1v) is 7.33. The number of pyridine rings is 1. The van der Waals surface area contributed by atoms with E-state index in [2.05, 4.69) is 9.88 Å². The van der Waals surface area contributed by atoms with Gasteiger partial charge in [0.1, 0.15) is 17.6 Å². The Hall–Kier alpha value is -2.94. The molecule has 0 bridgehead atoms. The molecule has 1 aliphatic rings. The first-order chi connectivity index (χ1) is 11.2. The Kier molecular flexibility index (Phi) is 4.20. The summed E-state index contributed by atoms with van der Waals surface area (Å²) in [5, 5.41) is 8.77. The van der Waals surface area contributed by atoms with Crippen molar-refractivity contribution in [2.75, 3.05) is 31.1 Å². The van der Waals surface area contributed by atoms with Gasteiger partial charge in [0.05, 0.1) is 11.9 Å². The number of halogens is 1. The van der Waals surface area contributed by atoms with Gasteiger partial charge in [-0.25, -0.2) is 9.37 Å². The zero-order chi connectivity index (χ0) is 16.2. The Balaban J connectivity index is 1.62. The zero-order valence-electron chi connectivity index (χ0n) is 12.4. The van der Waals surface area contributed by atoms with Crippen molar-refractivity contribution in [3.05, 3.63) is 59.7 Å². The fourth-order valence-electron chi connectivity index (χ4n) is 2.58. The molecule has 1 saturated heterocycles. The van der Waals surface area contributed by atoms with Gasteiger partial charge < -0.3 is 9.80 Å². The van der Waals surface area contributed by atoms with Gasteiger partial charge in [-0.1, -0.05) is 0 Å². The van der Waals surface area contributed by atoms with Gasteiger partial charge in [0.25, 0.3) is 5.91 Å².